The second-order valence-electron chi connectivity index (χ2n) is 3.45. The molecule has 3 heteroatoms. The first-order valence-electron chi connectivity index (χ1n) is 4.64. The molecule has 0 N–H and O–H groups in total. The van der Waals surface area contributed by atoms with Crippen molar-refractivity contribution in [3.05, 3.63) is 28.5 Å². The third kappa shape index (κ3) is 1.92. The minimum absolute atomic E-state index is 0.464. The molecule has 2 nitrogen and oxygen atoms in total. The molecule has 1 unspecified atom stereocenters. The Balaban J connectivity index is 2.14. The molecule has 13 heavy (non-hydrogen) atoms. The van der Waals surface area contributed by atoms with Gasteiger partial charge in [-0.15, -0.1) is 0 Å². The largest absolute Gasteiger partial charge is 0.295 e. The predicted molar refractivity (Wildman–Crippen MR) is 56.5 cm³/mol. The van der Waals surface area contributed by atoms with E-state index in [1.54, 1.807) is 0 Å². The van der Waals surface area contributed by atoms with Gasteiger partial charge in [-0.1, -0.05) is 6.07 Å². The molecule has 2 heterocycles. The van der Waals surface area contributed by atoms with E-state index in [9.17, 15) is 0 Å². The first kappa shape index (κ1) is 9.16. The summed E-state index contributed by atoms with van der Waals surface area (Å²) in [6.07, 6.45) is 1.33. The number of halogens is 1. The van der Waals surface area contributed by atoms with Crippen molar-refractivity contribution in [2.24, 2.45) is 0 Å². The summed E-state index contributed by atoms with van der Waals surface area (Å²) in [6, 6.07) is 6.56. The van der Waals surface area contributed by atoms with Gasteiger partial charge in [0.05, 0.1) is 5.69 Å². The van der Waals surface area contributed by atoms with E-state index in [1.807, 2.05) is 12.1 Å². The number of hydrogen-bond acceptors (Lipinski definition) is 2. The molecule has 1 aliphatic rings. The van der Waals surface area contributed by atoms with Crippen LogP contribution in [0.2, 0.25) is 0 Å². The van der Waals surface area contributed by atoms with Crippen LogP contribution >= 0.6 is 15.9 Å². The van der Waals surface area contributed by atoms with Gasteiger partial charge in [0.2, 0.25) is 0 Å². The molecule has 2 rings (SSSR count). The number of hydrogen-bond donors (Lipinski definition) is 0. The van der Waals surface area contributed by atoms with Crippen LogP contribution < -0.4 is 0 Å². The van der Waals surface area contributed by atoms with Crippen LogP contribution in [-0.2, 0) is 0 Å². The Hall–Kier alpha value is -0.410. The summed E-state index contributed by atoms with van der Waals surface area (Å²) >= 11 is 3.39. The maximum atomic E-state index is 4.45. The van der Waals surface area contributed by atoms with Crippen molar-refractivity contribution in [2.45, 2.75) is 19.4 Å². The fraction of sp³-hybridized carbons (Fsp3) is 0.500. The molecule has 0 amide bonds. The second-order valence-corrected chi connectivity index (χ2v) is 4.26. The Bertz CT molecular complexity index is 297. The maximum absolute atomic E-state index is 4.45. The Kier molecular flexibility index (Phi) is 2.65. The molecule has 1 fully saturated rings. The molecule has 1 atom stereocenters. The summed E-state index contributed by atoms with van der Waals surface area (Å²) in [5.74, 6) is 0. The van der Waals surface area contributed by atoms with Crippen LogP contribution in [-0.4, -0.2) is 23.0 Å². The number of nitrogens with zero attached hydrogens (tertiary/aromatic N) is 2. The lowest BCUT2D eigenvalue weighted by atomic mass is 10.1. The van der Waals surface area contributed by atoms with Crippen LogP contribution in [0.25, 0.3) is 0 Å². The molecule has 1 aromatic heterocycles. The van der Waals surface area contributed by atoms with Gasteiger partial charge in [-0.3, -0.25) is 4.90 Å². The molecular weight excluding hydrogens is 228 g/mol. The molecule has 1 aliphatic heterocycles. The first-order valence-corrected chi connectivity index (χ1v) is 5.43. The molecular formula is C10H13BrN2. The standard InChI is InChI=1S/C10H13BrN2/c1-8(13-6-3-7-13)9-4-2-5-10(11)12-9/h2,4-5,8H,3,6-7H2,1H3. The SMILES string of the molecule is CC(c1cccc(Br)n1)N1CCC1. The van der Waals surface area contributed by atoms with Crippen molar-refractivity contribution >= 4 is 15.9 Å². The summed E-state index contributed by atoms with van der Waals surface area (Å²) in [4.78, 5) is 6.89. The zero-order valence-corrected chi connectivity index (χ0v) is 9.29. The lowest BCUT2D eigenvalue weighted by molar-refractivity contribution is 0.126. The minimum Gasteiger partial charge on any atom is -0.295 e. The number of likely N-dealkylation sites (tertiary alicyclic amines) is 1. The molecule has 0 saturated carbocycles. The van der Waals surface area contributed by atoms with E-state index in [2.05, 4.69) is 38.8 Å². The number of pyridine rings is 1. The summed E-state index contributed by atoms with van der Waals surface area (Å²) in [5.41, 5.74) is 1.16. The molecule has 1 saturated heterocycles. The average molecular weight is 241 g/mol. The van der Waals surface area contributed by atoms with Crippen LogP contribution in [0, 0.1) is 0 Å². The number of aromatic nitrogens is 1. The lowest BCUT2D eigenvalue weighted by Gasteiger charge is -2.36. The molecule has 70 valence electrons. The lowest BCUT2D eigenvalue weighted by Crippen LogP contribution is -2.39. The van der Waals surface area contributed by atoms with Gasteiger partial charge in [-0.25, -0.2) is 4.98 Å². The third-order valence-corrected chi connectivity index (χ3v) is 3.04. The van der Waals surface area contributed by atoms with Crippen molar-refractivity contribution in [1.29, 1.82) is 0 Å². The van der Waals surface area contributed by atoms with Crippen molar-refractivity contribution in [3.8, 4) is 0 Å². The van der Waals surface area contributed by atoms with Crippen molar-refractivity contribution < 1.29 is 0 Å². The highest BCUT2D eigenvalue weighted by atomic mass is 79.9. The van der Waals surface area contributed by atoms with E-state index >= 15 is 0 Å². The zero-order chi connectivity index (χ0) is 9.26. The molecule has 0 aromatic carbocycles. The van der Waals surface area contributed by atoms with E-state index in [0.717, 1.165) is 10.3 Å². The number of rotatable bonds is 2. The normalized spacial score (nSPS) is 19.5. The fourth-order valence-electron chi connectivity index (χ4n) is 1.57. The fourth-order valence-corrected chi connectivity index (χ4v) is 1.93. The van der Waals surface area contributed by atoms with Gasteiger partial charge in [0.15, 0.2) is 0 Å². The minimum atomic E-state index is 0.464. The molecule has 0 aliphatic carbocycles. The Labute approximate surface area is 87.1 Å². The first-order chi connectivity index (χ1) is 6.27. The van der Waals surface area contributed by atoms with E-state index in [0.29, 0.717) is 6.04 Å². The van der Waals surface area contributed by atoms with Crippen LogP contribution in [0.3, 0.4) is 0 Å². The van der Waals surface area contributed by atoms with Gasteiger partial charge in [-0.2, -0.15) is 0 Å². The summed E-state index contributed by atoms with van der Waals surface area (Å²) in [5, 5.41) is 0. The monoisotopic (exact) mass is 240 g/mol. The van der Waals surface area contributed by atoms with Gasteiger partial charge in [0, 0.05) is 19.1 Å². The van der Waals surface area contributed by atoms with Crippen LogP contribution in [0.5, 0.6) is 0 Å². The topological polar surface area (TPSA) is 16.1 Å². The van der Waals surface area contributed by atoms with Gasteiger partial charge < -0.3 is 0 Å². The quantitative estimate of drug-likeness (QED) is 0.740. The summed E-state index contributed by atoms with van der Waals surface area (Å²) < 4.78 is 0.928. The van der Waals surface area contributed by atoms with Gasteiger partial charge in [0.25, 0.3) is 0 Å². The predicted octanol–water partition coefficient (Wildman–Crippen LogP) is 2.61. The highest BCUT2D eigenvalue weighted by molar-refractivity contribution is 9.10. The van der Waals surface area contributed by atoms with Crippen molar-refractivity contribution in [3.63, 3.8) is 0 Å². The Morgan fingerprint density at radius 3 is 2.77 bits per heavy atom. The summed E-state index contributed by atoms with van der Waals surface area (Å²) in [6.45, 7) is 4.65. The zero-order valence-electron chi connectivity index (χ0n) is 7.70. The van der Waals surface area contributed by atoms with Gasteiger partial charge in [0.1, 0.15) is 4.60 Å². The van der Waals surface area contributed by atoms with E-state index in [4.69, 9.17) is 0 Å². The van der Waals surface area contributed by atoms with Crippen molar-refractivity contribution in [1.82, 2.24) is 9.88 Å². The average Bonchev–Trinajstić information content (AvgIpc) is 2.01. The molecule has 0 radical (unpaired) electrons. The molecule has 1 aromatic rings. The van der Waals surface area contributed by atoms with Crippen LogP contribution in [0.4, 0.5) is 0 Å². The summed E-state index contributed by atoms with van der Waals surface area (Å²) in [7, 11) is 0. The Morgan fingerprint density at radius 1 is 1.46 bits per heavy atom. The third-order valence-electron chi connectivity index (χ3n) is 2.60. The Morgan fingerprint density at radius 2 is 2.23 bits per heavy atom. The van der Waals surface area contributed by atoms with E-state index in [-0.39, 0.29) is 0 Å². The molecule has 0 bridgehead atoms. The second kappa shape index (κ2) is 3.76. The highest BCUT2D eigenvalue weighted by Crippen LogP contribution is 2.24. The van der Waals surface area contributed by atoms with E-state index < -0.39 is 0 Å². The highest BCUT2D eigenvalue weighted by Gasteiger charge is 2.22. The van der Waals surface area contributed by atoms with Crippen molar-refractivity contribution in [2.75, 3.05) is 13.1 Å². The maximum Gasteiger partial charge on any atom is 0.106 e. The smallest absolute Gasteiger partial charge is 0.106 e. The van der Waals surface area contributed by atoms with E-state index in [1.165, 1.54) is 19.5 Å². The van der Waals surface area contributed by atoms with Crippen LogP contribution in [0.15, 0.2) is 22.8 Å². The molecule has 0 spiro atoms. The van der Waals surface area contributed by atoms with Gasteiger partial charge in [-0.05, 0) is 41.4 Å². The van der Waals surface area contributed by atoms with Crippen LogP contribution in [0.1, 0.15) is 25.1 Å². The van der Waals surface area contributed by atoms with Gasteiger partial charge >= 0.3 is 0 Å².